The van der Waals surface area contributed by atoms with E-state index in [1.165, 1.54) is 24.4 Å². The molecule has 0 saturated heterocycles. The first-order chi connectivity index (χ1) is 13.2. The number of carbonyl (C=O) groups is 1. The Morgan fingerprint density at radius 3 is 2.70 bits per heavy atom. The number of aldehydes is 1. The van der Waals surface area contributed by atoms with E-state index in [2.05, 4.69) is 15.3 Å². The van der Waals surface area contributed by atoms with Gasteiger partial charge in [-0.1, -0.05) is 18.2 Å². The number of nitrogens with one attached hydrogen (secondary N) is 1. The van der Waals surface area contributed by atoms with Crippen molar-refractivity contribution in [1.29, 1.82) is 0 Å². The molecule has 2 heterocycles. The average molecular weight is 383 g/mol. The third-order valence-electron chi connectivity index (χ3n) is 4.03. The summed E-state index contributed by atoms with van der Waals surface area (Å²) in [7, 11) is 3.20. The van der Waals surface area contributed by atoms with E-state index in [1.54, 1.807) is 7.11 Å². The first kappa shape index (κ1) is 19.0. The molecule has 140 valence electrons. The minimum atomic E-state index is 0.291. The van der Waals surface area contributed by atoms with Gasteiger partial charge in [0.2, 0.25) is 0 Å². The number of methoxy groups -OCH3 is 2. The molecule has 0 radical (unpaired) electrons. The summed E-state index contributed by atoms with van der Waals surface area (Å²) in [4.78, 5) is 20.5. The van der Waals surface area contributed by atoms with Crippen LogP contribution in [-0.4, -0.2) is 42.8 Å². The summed E-state index contributed by atoms with van der Waals surface area (Å²) in [6.45, 7) is 0.719. The number of rotatable bonds is 8. The van der Waals surface area contributed by atoms with Crippen molar-refractivity contribution in [3.63, 3.8) is 0 Å². The Morgan fingerprint density at radius 2 is 2.00 bits per heavy atom. The summed E-state index contributed by atoms with van der Waals surface area (Å²) < 4.78 is 10.4. The van der Waals surface area contributed by atoms with Crippen LogP contribution >= 0.6 is 11.8 Å². The molecule has 27 heavy (non-hydrogen) atoms. The normalized spacial score (nSPS) is 13.4. The van der Waals surface area contributed by atoms with E-state index in [0.717, 1.165) is 42.0 Å². The van der Waals surface area contributed by atoms with Crippen LogP contribution in [0.5, 0.6) is 11.8 Å². The molecular formula is C20H21N3O3S. The van der Waals surface area contributed by atoms with Gasteiger partial charge in [0, 0.05) is 23.3 Å². The van der Waals surface area contributed by atoms with Crippen LogP contribution in [0, 0.1) is 0 Å². The zero-order valence-electron chi connectivity index (χ0n) is 15.3. The summed E-state index contributed by atoms with van der Waals surface area (Å²) >= 11 is 1.51. The predicted octanol–water partition coefficient (Wildman–Crippen LogP) is 3.36. The van der Waals surface area contributed by atoms with Gasteiger partial charge in [0.15, 0.2) is 6.29 Å². The van der Waals surface area contributed by atoms with Gasteiger partial charge in [-0.15, -0.1) is 11.8 Å². The lowest BCUT2D eigenvalue weighted by molar-refractivity contribution is -0.104. The van der Waals surface area contributed by atoms with E-state index < -0.39 is 0 Å². The van der Waals surface area contributed by atoms with Gasteiger partial charge in [-0.3, -0.25) is 4.79 Å². The lowest BCUT2D eigenvalue weighted by Crippen LogP contribution is -2.08. The molecule has 0 unspecified atom stereocenters. The van der Waals surface area contributed by atoms with Gasteiger partial charge in [-0.2, -0.15) is 9.97 Å². The second-order valence-electron chi connectivity index (χ2n) is 5.79. The van der Waals surface area contributed by atoms with Crippen molar-refractivity contribution in [3.8, 4) is 11.8 Å². The molecule has 0 saturated carbocycles. The van der Waals surface area contributed by atoms with Gasteiger partial charge in [0.05, 0.1) is 19.9 Å². The Morgan fingerprint density at radius 1 is 1.19 bits per heavy atom. The zero-order chi connectivity index (χ0) is 19.1. The van der Waals surface area contributed by atoms with Gasteiger partial charge in [0.1, 0.15) is 11.6 Å². The van der Waals surface area contributed by atoms with Crippen LogP contribution in [0.25, 0.3) is 5.57 Å². The van der Waals surface area contributed by atoms with Crippen LogP contribution in [0.4, 0.5) is 5.82 Å². The molecule has 1 aromatic heterocycles. The molecule has 1 N–H and O–H groups in total. The number of benzene rings is 1. The van der Waals surface area contributed by atoms with Crippen molar-refractivity contribution in [2.45, 2.75) is 6.42 Å². The van der Waals surface area contributed by atoms with Crippen LogP contribution < -0.4 is 14.8 Å². The number of nitrogens with zero attached hydrogens (tertiary/aromatic N) is 2. The molecule has 6 nitrogen and oxygen atoms in total. The van der Waals surface area contributed by atoms with Gasteiger partial charge < -0.3 is 14.8 Å². The van der Waals surface area contributed by atoms with Crippen molar-refractivity contribution >= 4 is 29.4 Å². The number of anilines is 1. The molecule has 3 rings (SSSR count). The highest BCUT2D eigenvalue weighted by atomic mass is 32.2. The van der Waals surface area contributed by atoms with E-state index >= 15 is 0 Å². The van der Waals surface area contributed by atoms with Crippen LogP contribution in [0.3, 0.4) is 0 Å². The fourth-order valence-corrected chi connectivity index (χ4v) is 3.34. The molecule has 1 aliphatic heterocycles. The summed E-state index contributed by atoms with van der Waals surface area (Å²) in [6.07, 6.45) is 5.59. The van der Waals surface area contributed by atoms with Crippen molar-refractivity contribution < 1.29 is 14.3 Å². The molecule has 0 fully saturated rings. The number of hydrogen-bond acceptors (Lipinski definition) is 7. The van der Waals surface area contributed by atoms with E-state index in [1.807, 2.05) is 42.5 Å². The second-order valence-corrected chi connectivity index (χ2v) is 6.88. The molecular weight excluding hydrogens is 362 g/mol. The number of allylic oxidation sites excluding steroid dienone is 3. The maximum absolute atomic E-state index is 11.0. The van der Waals surface area contributed by atoms with Crippen LogP contribution in [0.2, 0.25) is 0 Å². The topological polar surface area (TPSA) is 73.3 Å². The number of hydrogen-bond donors (Lipinski definition) is 1. The average Bonchev–Trinajstić information content (AvgIpc) is 2.74. The largest absolute Gasteiger partial charge is 0.497 e. The molecule has 0 spiro atoms. The lowest BCUT2D eigenvalue weighted by Gasteiger charge is -2.12. The van der Waals surface area contributed by atoms with Gasteiger partial charge >= 0.3 is 6.01 Å². The smallest absolute Gasteiger partial charge is 0.318 e. The molecule has 0 bridgehead atoms. The van der Waals surface area contributed by atoms with E-state index in [4.69, 9.17) is 9.47 Å². The van der Waals surface area contributed by atoms with E-state index in [9.17, 15) is 4.79 Å². The van der Waals surface area contributed by atoms with E-state index in [0.29, 0.717) is 16.7 Å². The zero-order valence-corrected chi connectivity index (χ0v) is 16.1. The Bertz CT molecular complexity index is 863. The van der Waals surface area contributed by atoms with Crippen LogP contribution in [0.15, 0.2) is 47.4 Å². The fourth-order valence-electron chi connectivity index (χ4n) is 2.61. The Labute approximate surface area is 162 Å². The standard InChI is InChI=1S/C20H21N3O3S/c1-25-16-5-3-14(4-6-16)7-9-21-19-12-18(22-20(23-19)26-2)15-8-10-27-17(11-15)13-24/h3-6,8,11-13H,7,9-10H2,1-2H3,(H,21,22,23). The molecule has 0 amide bonds. The minimum Gasteiger partial charge on any atom is -0.497 e. The van der Waals surface area contributed by atoms with Gasteiger partial charge in [-0.05, 0) is 35.8 Å². The predicted molar refractivity (Wildman–Crippen MR) is 108 cm³/mol. The Hall–Kier alpha value is -2.80. The monoisotopic (exact) mass is 383 g/mol. The van der Waals surface area contributed by atoms with Crippen molar-refractivity contribution in [3.05, 3.63) is 58.6 Å². The summed E-state index contributed by atoms with van der Waals surface area (Å²) in [5.41, 5.74) is 2.83. The molecule has 0 atom stereocenters. The first-order valence-corrected chi connectivity index (χ1v) is 9.50. The van der Waals surface area contributed by atoms with Crippen LogP contribution in [-0.2, 0) is 11.2 Å². The maximum atomic E-state index is 11.0. The van der Waals surface area contributed by atoms with E-state index in [-0.39, 0.29) is 0 Å². The maximum Gasteiger partial charge on any atom is 0.318 e. The number of carbonyl (C=O) groups excluding carboxylic acids is 1. The Kier molecular flexibility index (Phi) is 6.49. The summed E-state index contributed by atoms with van der Waals surface area (Å²) in [5.74, 6) is 2.27. The quantitative estimate of drug-likeness (QED) is 0.701. The molecule has 0 aliphatic carbocycles. The molecule has 2 aromatic rings. The third-order valence-corrected chi connectivity index (χ3v) is 4.91. The number of aromatic nitrogens is 2. The summed E-state index contributed by atoms with van der Waals surface area (Å²) in [6, 6.07) is 10.2. The molecule has 1 aliphatic rings. The highest BCUT2D eigenvalue weighted by Crippen LogP contribution is 2.28. The second kappa shape index (κ2) is 9.23. The molecule has 7 heteroatoms. The summed E-state index contributed by atoms with van der Waals surface area (Å²) in [5, 5.41) is 3.32. The SMILES string of the molecule is COc1ccc(CCNc2cc(C3=CCSC(C=O)=C3)nc(OC)n2)cc1. The number of ether oxygens (including phenoxy) is 2. The third kappa shape index (κ3) is 5.10. The fraction of sp³-hybridized carbons (Fsp3) is 0.250. The molecule has 1 aromatic carbocycles. The van der Waals surface area contributed by atoms with Crippen LogP contribution in [0.1, 0.15) is 11.3 Å². The van der Waals surface area contributed by atoms with Gasteiger partial charge in [-0.25, -0.2) is 0 Å². The van der Waals surface area contributed by atoms with Gasteiger partial charge in [0.25, 0.3) is 0 Å². The highest BCUT2D eigenvalue weighted by molar-refractivity contribution is 8.04. The number of thioether (sulfide) groups is 1. The highest BCUT2D eigenvalue weighted by Gasteiger charge is 2.12. The lowest BCUT2D eigenvalue weighted by atomic mass is 10.1. The minimum absolute atomic E-state index is 0.291. The van der Waals surface area contributed by atoms with Crippen molar-refractivity contribution in [2.24, 2.45) is 0 Å². The first-order valence-electron chi connectivity index (χ1n) is 8.52. The van der Waals surface area contributed by atoms with Crippen molar-refractivity contribution in [2.75, 3.05) is 31.8 Å². The Balaban J connectivity index is 1.70. The van der Waals surface area contributed by atoms with Crippen molar-refractivity contribution in [1.82, 2.24) is 9.97 Å².